The van der Waals surface area contributed by atoms with Crippen LogP contribution in [0.25, 0.3) is 5.76 Å². The van der Waals surface area contributed by atoms with Gasteiger partial charge in [0.25, 0.3) is 11.7 Å². The zero-order valence-corrected chi connectivity index (χ0v) is 19.0. The first-order valence-corrected chi connectivity index (χ1v) is 10.6. The van der Waals surface area contributed by atoms with Gasteiger partial charge in [0.15, 0.2) is 0 Å². The Morgan fingerprint density at radius 1 is 1.12 bits per heavy atom. The Labute approximate surface area is 196 Å². The van der Waals surface area contributed by atoms with E-state index < -0.39 is 29.3 Å². The van der Waals surface area contributed by atoms with Crippen LogP contribution in [0, 0.1) is 5.82 Å². The number of anilines is 1. The molecule has 8 heteroatoms. The van der Waals surface area contributed by atoms with Crippen molar-refractivity contribution in [1.29, 1.82) is 0 Å². The molecule has 3 aromatic rings. The third kappa shape index (κ3) is 4.22. The van der Waals surface area contributed by atoms with Crippen LogP contribution < -0.4 is 9.64 Å². The fraction of sp³-hybridized carbons (Fsp3) is 0.192. The number of amides is 1. The van der Waals surface area contributed by atoms with Gasteiger partial charge in [-0.2, -0.15) is 0 Å². The molecular formula is C26H24FN3O4. The number of ether oxygens (including phenoxy) is 1. The standard InChI is InChI=1S/C26H24FN3O4/c1-29(2)19-10-7-16(8-11-19)23-22(24(31)20-14-17(27)9-12-21(20)34-3)25(32)26(33)30(23)15-18-6-4-5-13-28-18/h4-14,23,31H,15H2,1-3H3/b24-22+. The first-order valence-electron chi connectivity index (χ1n) is 10.6. The summed E-state index contributed by atoms with van der Waals surface area (Å²) in [5.41, 5.74) is 1.99. The molecule has 2 heterocycles. The van der Waals surface area contributed by atoms with E-state index in [0.717, 1.165) is 11.8 Å². The molecule has 34 heavy (non-hydrogen) atoms. The third-order valence-electron chi connectivity index (χ3n) is 5.74. The Kier molecular flexibility index (Phi) is 6.32. The average molecular weight is 461 g/mol. The quantitative estimate of drug-likeness (QED) is 0.340. The molecule has 2 aromatic carbocycles. The van der Waals surface area contributed by atoms with Crippen molar-refractivity contribution in [2.24, 2.45) is 0 Å². The van der Waals surface area contributed by atoms with Gasteiger partial charge < -0.3 is 19.6 Å². The highest BCUT2D eigenvalue weighted by Crippen LogP contribution is 2.42. The first kappa shape index (κ1) is 23.0. The molecule has 1 aliphatic heterocycles. The summed E-state index contributed by atoms with van der Waals surface area (Å²) in [6, 6.07) is 15.3. The molecule has 0 aliphatic carbocycles. The fourth-order valence-electron chi connectivity index (χ4n) is 4.02. The molecule has 1 fully saturated rings. The van der Waals surface area contributed by atoms with E-state index in [4.69, 9.17) is 4.74 Å². The van der Waals surface area contributed by atoms with Crippen LogP contribution >= 0.6 is 0 Å². The van der Waals surface area contributed by atoms with E-state index in [1.165, 1.54) is 24.1 Å². The molecule has 1 amide bonds. The number of hydrogen-bond donors (Lipinski definition) is 1. The van der Waals surface area contributed by atoms with E-state index in [-0.39, 0.29) is 23.4 Å². The number of nitrogens with zero attached hydrogens (tertiary/aromatic N) is 3. The molecule has 0 radical (unpaired) electrons. The van der Waals surface area contributed by atoms with Gasteiger partial charge in [0, 0.05) is 26.0 Å². The van der Waals surface area contributed by atoms with Crippen LogP contribution in [0.2, 0.25) is 0 Å². The highest BCUT2D eigenvalue weighted by Gasteiger charge is 2.46. The summed E-state index contributed by atoms with van der Waals surface area (Å²) in [6.07, 6.45) is 1.60. The molecule has 0 spiro atoms. The lowest BCUT2D eigenvalue weighted by Gasteiger charge is -2.25. The lowest BCUT2D eigenvalue weighted by molar-refractivity contribution is -0.140. The summed E-state index contributed by atoms with van der Waals surface area (Å²) in [5, 5.41) is 11.2. The highest BCUT2D eigenvalue weighted by molar-refractivity contribution is 6.46. The number of halogens is 1. The van der Waals surface area contributed by atoms with Crippen molar-refractivity contribution in [1.82, 2.24) is 9.88 Å². The number of benzene rings is 2. The van der Waals surface area contributed by atoms with Crippen LogP contribution in [0.3, 0.4) is 0 Å². The zero-order chi connectivity index (χ0) is 24.4. The van der Waals surface area contributed by atoms with Gasteiger partial charge in [0.1, 0.15) is 17.3 Å². The minimum Gasteiger partial charge on any atom is -0.507 e. The number of likely N-dealkylation sites (tertiary alicyclic amines) is 1. The Morgan fingerprint density at radius 2 is 1.85 bits per heavy atom. The van der Waals surface area contributed by atoms with Gasteiger partial charge in [-0.3, -0.25) is 14.6 Å². The van der Waals surface area contributed by atoms with Crippen LogP contribution in [-0.4, -0.2) is 47.9 Å². The number of carbonyl (C=O) groups is 2. The average Bonchev–Trinajstić information content (AvgIpc) is 3.09. The zero-order valence-electron chi connectivity index (χ0n) is 19.0. The van der Waals surface area contributed by atoms with E-state index in [9.17, 15) is 19.1 Å². The van der Waals surface area contributed by atoms with Gasteiger partial charge in [-0.1, -0.05) is 18.2 Å². The Morgan fingerprint density at radius 3 is 2.47 bits per heavy atom. The summed E-state index contributed by atoms with van der Waals surface area (Å²) in [5.74, 6) is -2.57. The van der Waals surface area contributed by atoms with E-state index >= 15 is 0 Å². The van der Waals surface area contributed by atoms with E-state index in [2.05, 4.69) is 4.98 Å². The summed E-state index contributed by atoms with van der Waals surface area (Å²) in [7, 11) is 5.18. The van der Waals surface area contributed by atoms with Gasteiger partial charge in [-0.25, -0.2) is 4.39 Å². The number of carbonyl (C=O) groups excluding carboxylic acids is 2. The molecule has 1 unspecified atom stereocenters. The summed E-state index contributed by atoms with van der Waals surface area (Å²) in [4.78, 5) is 33.9. The minimum absolute atomic E-state index is 0.00625. The predicted molar refractivity (Wildman–Crippen MR) is 126 cm³/mol. The van der Waals surface area contributed by atoms with Gasteiger partial charge >= 0.3 is 0 Å². The summed E-state index contributed by atoms with van der Waals surface area (Å²) >= 11 is 0. The van der Waals surface area contributed by atoms with Gasteiger partial charge in [0.2, 0.25) is 0 Å². The lowest BCUT2D eigenvalue weighted by Crippen LogP contribution is -2.29. The number of aromatic nitrogens is 1. The monoisotopic (exact) mass is 461 g/mol. The van der Waals surface area contributed by atoms with Crippen LogP contribution in [0.4, 0.5) is 10.1 Å². The highest BCUT2D eigenvalue weighted by atomic mass is 19.1. The SMILES string of the molecule is COc1ccc(F)cc1/C(O)=C1\C(=O)C(=O)N(Cc2ccccn2)C1c1ccc(N(C)C)cc1. The molecule has 7 nitrogen and oxygen atoms in total. The number of pyridine rings is 1. The maximum atomic E-state index is 14.0. The summed E-state index contributed by atoms with van der Waals surface area (Å²) in [6.45, 7) is 0.0581. The number of methoxy groups -OCH3 is 1. The number of ketones is 1. The molecule has 1 saturated heterocycles. The lowest BCUT2D eigenvalue weighted by atomic mass is 9.94. The number of aliphatic hydroxyl groups is 1. The number of hydrogen-bond acceptors (Lipinski definition) is 6. The van der Waals surface area contributed by atoms with Gasteiger partial charge in [-0.05, 0) is 48.0 Å². The molecule has 1 aliphatic rings. The molecular weight excluding hydrogens is 437 g/mol. The fourth-order valence-corrected chi connectivity index (χ4v) is 4.02. The molecule has 4 rings (SSSR count). The van der Waals surface area contributed by atoms with Crippen molar-refractivity contribution in [2.75, 3.05) is 26.1 Å². The van der Waals surface area contributed by atoms with E-state index in [0.29, 0.717) is 11.3 Å². The Bertz CT molecular complexity index is 1260. The maximum absolute atomic E-state index is 14.0. The van der Waals surface area contributed by atoms with Crippen LogP contribution in [0.1, 0.15) is 22.9 Å². The van der Waals surface area contributed by atoms with Crippen LogP contribution in [0.15, 0.2) is 72.4 Å². The van der Waals surface area contributed by atoms with Crippen molar-refractivity contribution in [3.63, 3.8) is 0 Å². The molecule has 174 valence electrons. The number of aliphatic hydroxyl groups excluding tert-OH is 1. The topological polar surface area (TPSA) is 83.0 Å². The van der Waals surface area contributed by atoms with E-state index in [1.807, 2.05) is 31.1 Å². The minimum atomic E-state index is -0.897. The maximum Gasteiger partial charge on any atom is 0.296 e. The first-order chi connectivity index (χ1) is 16.3. The van der Waals surface area contributed by atoms with Crippen LogP contribution in [0.5, 0.6) is 5.75 Å². The molecule has 1 N–H and O–H groups in total. The largest absolute Gasteiger partial charge is 0.507 e. The Balaban J connectivity index is 1.90. The smallest absolute Gasteiger partial charge is 0.296 e. The normalized spacial score (nSPS) is 17.2. The second kappa shape index (κ2) is 9.35. The summed E-state index contributed by atoms with van der Waals surface area (Å²) < 4.78 is 19.3. The number of rotatable bonds is 6. The molecule has 0 saturated carbocycles. The van der Waals surface area contributed by atoms with E-state index in [1.54, 1.807) is 36.5 Å². The second-order valence-corrected chi connectivity index (χ2v) is 8.08. The molecule has 0 bridgehead atoms. The van der Waals surface area contributed by atoms with Crippen molar-refractivity contribution < 1.29 is 23.8 Å². The third-order valence-corrected chi connectivity index (χ3v) is 5.74. The van der Waals surface area contributed by atoms with Crippen molar-refractivity contribution in [2.45, 2.75) is 12.6 Å². The molecule has 1 aromatic heterocycles. The predicted octanol–water partition coefficient (Wildman–Crippen LogP) is 3.92. The van der Waals surface area contributed by atoms with Crippen molar-refractivity contribution in [3.05, 3.63) is 95.1 Å². The van der Waals surface area contributed by atoms with Crippen LogP contribution in [-0.2, 0) is 16.1 Å². The van der Waals surface area contributed by atoms with Gasteiger partial charge in [-0.15, -0.1) is 0 Å². The van der Waals surface area contributed by atoms with Crippen molar-refractivity contribution in [3.8, 4) is 5.75 Å². The second-order valence-electron chi connectivity index (χ2n) is 8.08. The number of Topliss-reactive ketones (excluding diaryl/α,β-unsaturated/α-hetero) is 1. The molecule has 1 atom stereocenters. The Hall–Kier alpha value is -4.20. The van der Waals surface area contributed by atoms with Crippen molar-refractivity contribution >= 4 is 23.1 Å². The van der Waals surface area contributed by atoms with Gasteiger partial charge in [0.05, 0.1) is 36.5 Å².